The van der Waals surface area contributed by atoms with Crippen molar-refractivity contribution in [3.63, 3.8) is 0 Å². The highest BCUT2D eigenvalue weighted by Crippen LogP contribution is 2.58. The molecule has 1 aliphatic rings. The summed E-state index contributed by atoms with van der Waals surface area (Å²) in [7, 11) is 0. The molecule has 0 aliphatic heterocycles. The van der Waals surface area contributed by atoms with Gasteiger partial charge in [-0.15, -0.1) is 0 Å². The van der Waals surface area contributed by atoms with Crippen LogP contribution in [0.2, 0.25) is 0 Å². The van der Waals surface area contributed by atoms with Gasteiger partial charge in [-0.25, -0.2) is 9.48 Å². The number of aromatic nitrogens is 2. The first kappa shape index (κ1) is 21.7. The summed E-state index contributed by atoms with van der Waals surface area (Å²) in [6.45, 7) is 0. The first-order valence-electron chi connectivity index (χ1n) is 9.48. The summed E-state index contributed by atoms with van der Waals surface area (Å²) < 4.78 is 79.9. The Morgan fingerprint density at radius 2 is 1.53 bits per heavy atom. The van der Waals surface area contributed by atoms with Crippen LogP contribution >= 0.6 is 0 Å². The molecule has 0 spiro atoms. The van der Waals surface area contributed by atoms with Crippen molar-refractivity contribution in [3.8, 4) is 5.69 Å². The molecule has 0 atom stereocenters. The van der Waals surface area contributed by atoms with Crippen molar-refractivity contribution >= 4 is 17.5 Å². The summed E-state index contributed by atoms with van der Waals surface area (Å²) in [4.78, 5) is 12.4. The first-order valence-corrected chi connectivity index (χ1v) is 9.48. The number of halogens is 6. The number of hydrogen-bond donors (Lipinski definition) is 2. The third kappa shape index (κ3) is 4.14. The highest BCUT2D eigenvalue weighted by molar-refractivity contribution is 5.99. The Kier molecular flexibility index (Phi) is 5.14. The van der Waals surface area contributed by atoms with E-state index in [1.165, 1.54) is 10.7 Å². The molecular weight excluding hydrogens is 438 g/mol. The van der Waals surface area contributed by atoms with Crippen molar-refractivity contribution in [2.45, 2.75) is 30.6 Å². The van der Waals surface area contributed by atoms with Gasteiger partial charge in [-0.05, 0) is 49.2 Å². The maximum atomic E-state index is 13.6. The molecule has 0 bridgehead atoms. The van der Waals surface area contributed by atoms with Gasteiger partial charge < -0.3 is 5.32 Å². The number of carbonyl (C=O) groups is 1. The molecule has 2 amide bonds. The Morgan fingerprint density at radius 1 is 0.906 bits per heavy atom. The lowest BCUT2D eigenvalue weighted by atomic mass is 10.0. The van der Waals surface area contributed by atoms with Crippen molar-refractivity contribution < 1.29 is 31.1 Å². The van der Waals surface area contributed by atoms with E-state index in [2.05, 4.69) is 15.7 Å². The topological polar surface area (TPSA) is 59.0 Å². The van der Waals surface area contributed by atoms with Crippen LogP contribution in [0.4, 0.5) is 42.6 Å². The van der Waals surface area contributed by atoms with Crippen LogP contribution in [0.25, 0.3) is 5.69 Å². The minimum absolute atomic E-state index is 0.00821. The molecular formula is C21H16F6N4O. The zero-order chi connectivity index (χ0) is 23.1. The van der Waals surface area contributed by atoms with E-state index in [1.54, 1.807) is 30.3 Å². The van der Waals surface area contributed by atoms with Crippen molar-refractivity contribution in [2.75, 3.05) is 10.6 Å². The van der Waals surface area contributed by atoms with Crippen LogP contribution in [0.15, 0.2) is 60.7 Å². The Bertz CT molecular complexity index is 1120. The molecule has 1 saturated carbocycles. The second-order valence-corrected chi connectivity index (χ2v) is 7.40. The first-order chi connectivity index (χ1) is 15.0. The maximum absolute atomic E-state index is 13.6. The third-order valence-electron chi connectivity index (χ3n) is 5.20. The molecule has 1 fully saturated rings. The van der Waals surface area contributed by atoms with E-state index in [4.69, 9.17) is 0 Å². The fourth-order valence-corrected chi connectivity index (χ4v) is 3.30. The normalized spacial score (nSPS) is 15.3. The maximum Gasteiger partial charge on any atom is 0.416 e. The van der Waals surface area contributed by atoms with E-state index in [-0.39, 0.29) is 30.0 Å². The molecule has 11 heteroatoms. The van der Waals surface area contributed by atoms with Crippen LogP contribution in [0.1, 0.15) is 24.1 Å². The van der Waals surface area contributed by atoms with E-state index < -0.39 is 29.4 Å². The van der Waals surface area contributed by atoms with Crippen molar-refractivity contribution in [3.05, 3.63) is 71.9 Å². The Hall–Kier alpha value is -3.50. The van der Waals surface area contributed by atoms with Gasteiger partial charge in [0.05, 0.1) is 16.9 Å². The van der Waals surface area contributed by atoms with Crippen molar-refractivity contribution in [1.82, 2.24) is 9.78 Å². The Labute approximate surface area is 178 Å². The number of rotatable bonds is 4. The highest BCUT2D eigenvalue weighted by atomic mass is 19.4. The van der Waals surface area contributed by atoms with Crippen LogP contribution in [0.3, 0.4) is 0 Å². The van der Waals surface area contributed by atoms with Gasteiger partial charge in [-0.3, -0.25) is 5.32 Å². The molecule has 32 heavy (non-hydrogen) atoms. The number of para-hydroxylation sites is 1. The van der Waals surface area contributed by atoms with Crippen LogP contribution < -0.4 is 10.6 Å². The van der Waals surface area contributed by atoms with E-state index in [0.29, 0.717) is 5.69 Å². The second-order valence-electron chi connectivity index (χ2n) is 7.40. The molecule has 1 aliphatic carbocycles. The number of nitrogens with one attached hydrogen (secondary N) is 2. The van der Waals surface area contributed by atoms with Crippen molar-refractivity contribution in [2.24, 2.45) is 0 Å². The quantitative estimate of drug-likeness (QED) is 0.466. The van der Waals surface area contributed by atoms with Crippen LogP contribution in [-0.4, -0.2) is 22.0 Å². The summed E-state index contributed by atoms with van der Waals surface area (Å²) in [5, 5.41) is 8.90. The lowest BCUT2D eigenvalue weighted by Crippen LogP contribution is -2.29. The van der Waals surface area contributed by atoms with E-state index in [9.17, 15) is 31.1 Å². The summed E-state index contributed by atoms with van der Waals surface area (Å²) in [6.07, 6.45) is -9.20. The number of anilines is 2. The van der Waals surface area contributed by atoms with Gasteiger partial charge in [0.2, 0.25) is 0 Å². The smallest absolute Gasteiger partial charge is 0.308 e. The van der Waals surface area contributed by atoms with Gasteiger partial charge in [0.1, 0.15) is 11.2 Å². The van der Waals surface area contributed by atoms with Crippen LogP contribution in [-0.2, 0) is 11.6 Å². The number of urea groups is 1. The van der Waals surface area contributed by atoms with Crippen LogP contribution in [0, 0.1) is 0 Å². The summed E-state index contributed by atoms with van der Waals surface area (Å²) in [5.74, 6) is -0.00821. The van der Waals surface area contributed by atoms with Gasteiger partial charge in [-0.1, -0.05) is 18.2 Å². The van der Waals surface area contributed by atoms with E-state index in [1.807, 2.05) is 0 Å². The van der Waals surface area contributed by atoms with Crippen LogP contribution in [0.5, 0.6) is 0 Å². The van der Waals surface area contributed by atoms with Gasteiger partial charge in [-0.2, -0.15) is 31.4 Å². The van der Waals surface area contributed by atoms with E-state index >= 15 is 0 Å². The summed E-state index contributed by atoms with van der Waals surface area (Å²) in [5.41, 5.74) is -2.62. The number of alkyl halides is 6. The molecule has 3 aromatic rings. The van der Waals surface area contributed by atoms with Crippen molar-refractivity contribution in [1.29, 1.82) is 0 Å². The third-order valence-corrected chi connectivity index (χ3v) is 5.20. The predicted octanol–water partition coefficient (Wildman–Crippen LogP) is 6.13. The Morgan fingerprint density at radius 3 is 2.06 bits per heavy atom. The SMILES string of the molecule is O=C(Nc1ccc(C(F)(F)F)cc1)Nc1cc(C2(C(F)(F)F)CC2)nn1-c1ccccc1. The largest absolute Gasteiger partial charge is 0.416 e. The van der Waals surface area contributed by atoms with Gasteiger partial charge in [0.25, 0.3) is 0 Å². The zero-order valence-electron chi connectivity index (χ0n) is 16.3. The second kappa shape index (κ2) is 7.57. The number of nitrogens with zero attached hydrogens (tertiary/aromatic N) is 2. The summed E-state index contributed by atoms with van der Waals surface area (Å²) >= 11 is 0. The average Bonchev–Trinajstić information content (AvgIpc) is 3.44. The summed E-state index contributed by atoms with van der Waals surface area (Å²) in [6, 6.07) is 12.4. The highest BCUT2D eigenvalue weighted by Gasteiger charge is 2.65. The fraction of sp³-hybridized carbons (Fsp3) is 0.238. The molecule has 1 aromatic heterocycles. The zero-order valence-corrected chi connectivity index (χ0v) is 16.3. The standard InChI is InChI=1S/C21H16F6N4O/c22-20(23,24)13-6-8-14(9-7-13)28-18(32)29-17-12-16(19(10-11-19)21(25,26)27)30-31(17)15-4-2-1-3-5-15/h1-9,12H,10-11H2,(H2,28,29,32). The molecule has 5 nitrogen and oxygen atoms in total. The van der Waals surface area contributed by atoms with Gasteiger partial charge >= 0.3 is 18.4 Å². The molecule has 0 unspecified atom stereocenters. The Balaban J connectivity index is 1.59. The monoisotopic (exact) mass is 454 g/mol. The lowest BCUT2D eigenvalue weighted by molar-refractivity contribution is -0.161. The predicted molar refractivity (Wildman–Crippen MR) is 105 cm³/mol. The molecule has 2 N–H and O–H groups in total. The molecule has 1 heterocycles. The lowest BCUT2D eigenvalue weighted by Gasteiger charge is -2.16. The average molecular weight is 454 g/mol. The van der Waals surface area contributed by atoms with Gasteiger partial charge in [0, 0.05) is 11.8 Å². The van der Waals surface area contributed by atoms with E-state index in [0.717, 1.165) is 24.3 Å². The number of benzene rings is 2. The molecule has 2 aromatic carbocycles. The fourth-order valence-electron chi connectivity index (χ4n) is 3.30. The molecule has 168 valence electrons. The molecule has 0 radical (unpaired) electrons. The number of hydrogen-bond acceptors (Lipinski definition) is 2. The molecule has 4 rings (SSSR count). The number of carbonyl (C=O) groups excluding carboxylic acids is 1. The number of amides is 2. The van der Waals surface area contributed by atoms with Gasteiger partial charge in [0.15, 0.2) is 0 Å². The minimum atomic E-state index is -4.52. The molecule has 0 saturated heterocycles. The minimum Gasteiger partial charge on any atom is -0.308 e.